The molecule has 0 unspecified atom stereocenters. The Labute approximate surface area is 137 Å². The number of amides is 1. The van der Waals surface area contributed by atoms with E-state index < -0.39 is 0 Å². The lowest BCUT2D eigenvalue weighted by molar-refractivity contribution is -0.136. The molecule has 0 spiro atoms. The van der Waals surface area contributed by atoms with E-state index in [1.165, 1.54) is 5.56 Å². The SMILES string of the molecule is CCO[C@@H]1C[C@@H](N(C)C(=O)c2cc3ccc(C)cc3[nH]2)C1(C)C. The molecule has 1 saturated carbocycles. The van der Waals surface area contributed by atoms with Crippen molar-refractivity contribution in [3.63, 3.8) is 0 Å². The average molecular weight is 314 g/mol. The molecular formula is C19H26N2O2. The van der Waals surface area contributed by atoms with Gasteiger partial charge in [-0.05, 0) is 38.0 Å². The minimum atomic E-state index is -0.0109. The standard InChI is InChI=1S/C19H26N2O2/c1-6-23-17-11-16(19(17,3)4)21(5)18(22)15-10-13-8-7-12(2)9-14(13)20-15/h7-10,16-17,20H,6,11H2,1-5H3/t16-,17-/m1/s1. The Morgan fingerprint density at radius 2 is 2.13 bits per heavy atom. The number of aryl methyl sites for hydroxylation is 1. The predicted octanol–water partition coefficient (Wildman–Crippen LogP) is 3.75. The van der Waals surface area contributed by atoms with Crippen LogP contribution in [0.1, 0.15) is 43.2 Å². The van der Waals surface area contributed by atoms with Crippen molar-refractivity contribution < 1.29 is 9.53 Å². The van der Waals surface area contributed by atoms with Crippen LogP contribution >= 0.6 is 0 Å². The second-order valence-electron chi connectivity index (χ2n) is 7.21. The molecule has 1 amide bonds. The maximum absolute atomic E-state index is 12.8. The molecule has 0 aliphatic heterocycles. The lowest BCUT2D eigenvalue weighted by Gasteiger charge is -2.54. The van der Waals surface area contributed by atoms with Crippen LogP contribution in [0.15, 0.2) is 24.3 Å². The summed E-state index contributed by atoms with van der Waals surface area (Å²) in [7, 11) is 1.90. The fourth-order valence-corrected chi connectivity index (χ4v) is 3.69. The third-order valence-corrected chi connectivity index (χ3v) is 5.29. The lowest BCUT2D eigenvalue weighted by atomic mass is 9.63. The highest BCUT2D eigenvalue weighted by atomic mass is 16.5. The number of nitrogens with one attached hydrogen (secondary N) is 1. The number of hydrogen-bond acceptors (Lipinski definition) is 2. The molecule has 0 radical (unpaired) electrons. The van der Waals surface area contributed by atoms with Gasteiger partial charge in [0.2, 0.25) is 0 Å². The second-order valence-corrected chi connectivity index (χ2v) is 7.21. The number of fused-ring (bicyclic) bond motifs is 1. The van der Waals surface area contributed by atoms with Crippen molar-refractivity contribution >= 4 is 16.8 Å². The number of H-pyrrole nitrogens is 1. The van der Waals surface area contributed by atoms with Gasteiger partial charge in [0.25, 0.3) is 5.91 Å². The number of rotatable bonds is 4. The summed E-state index contributed by atoms with van der Waals surface area (Å²) >= 11 is 0. The van der Waals surface area contributed by atoms with Crippen LogP contribution in [-0.4, -0.2) is 41.6 Å². The summed E-state index contributed by atoms with van der Waals surface area (Å²) in [4.78, 5) is 18.0. The first-order valence-electron chi connectivity index (χ1n) is 8.32. The van der Waals surface area contributed by atoms with E-state index >= 15 is 0 Å². The van der Waals surface area contributed by atoms with Crippen LogP contribution in [0.25, 0.3) is 10.9 Å². The van der Waals surface area contributed by atoms with Gasteiger partial charge in [0.1, 0.15) is 5.69 Å². The van der Waals surface area contributed by atoms with E-state index in [9.17, 15) is 4.79 Å². The number of aromatic nitrogens is 1. The predicted molar refractivity (Wildman–Crippen MR) is 92.7 cm³/mol. The van der Waals surface area contributed by atoms with Gasteiger partial charge in [-0.2, -0.15) is 0 Å². The molecule has 2 aromatic rings. The summed E-state index contributed by atoms with van der Waals surface area (Å²) in [6, 6.07) is 8.34. The fraction of sp³-hybridized carbons (Fsp3) is 0.526. The highest BCUT2D eigenvalue weighted by Crippen LogP contribution is 2.45. The van der Waals surface area contributed by atoms with Gasteiger partial charge in [0, 0.05) is 36.0 Å². The maximum Gasteiger partial charge on any atom is 0.270 e. The lowest BCUT2D eigenvalue weighted by Crippen LogP contribution is -2.62. The van der Waals surface area contributed by atoms with Crippen LogP contribution in [0.2, 0.25) is 0 Å². The van der Waals surface area contributed by atoms with Crippen molar-refractivity contribution in [2.45, 2.75) is 46.3 Å². The Bertz CT molecular complexity index is 732. The van der Waals surface area contributed by atoms with Crippen molar-refractivity contribution in [1.29, 1.82) is 0 Å². The summed E-state index contributed by atoms with van der Waals surface area (Å²) in [5.41, 5.74) is 2.85. The van der Waals surface area contributed by atoms with Gasteiger partial charge in [-0.15, -0.1) is 0 Å². The number of carbonyl (C=O) groups is 1. The molecule has 1 aromatic carbocycles. The smallest absolute Gasteiger partial charge is 0.270 e. The topological polar surface area (TPSA) is 45.3 Å². The van der Waals surface area contributed by atoms with E-state index in [1.807, 2.05) is 24.9 Å². The maximum atomic E-state index is 12.8. The van der Waals surface area contributed by atoms with E-state index in [2.05, 4.69) is 44.0 Å². The van der Waals surface area contributed by atoms with Crippen molar-refractivity contribution in [1.82, 2.24) is 9.88 Å². The zero-order valence-electron chi connectivity index (χ0n) is 14.6. The molecule has 124 valence electrons. The number of ether oxygens (including phenoxy) is 1. The highest BCUT2D eigenvalue weighted by Gasteiger charge is 2.51. The van der Waals surface area contributed by atoms with Crippen LogP contribution < -0.4 is 0 Å². The largest absolute Gasteiger partial charge is 0.378 e. The Kier molecular flexibility index (Phi) is 3.96. The number of benzene rings is 1. The van der Waals surface area contributed by atoms with Crippen LogP contribution in [0.3, 0.4) is 0 Å². The third-order valence-electron chi connectivity index (χ3n) is 5.29. The molecule has 1 aliphatic rings. The summed E-state index contributed by atoms with van der Waals surface area (Å²) in [5.74, 6) is 0.0480. The molecule has 1 fully saturated rings. The molecule has 1 heterocycles. The van der Waals surface area contributed by atoms with Gasteiger partial charge in [0.15, 0.2) is 0 Å². The molecular weight excluding hydrogens is 288 g/mol. The van der Waals surface area contributed by atoms with Gasteiger partial charge in [-0.25, -0.2) is 0 Å². The fourth-order valence-electron chi connectivity index (χ4n) is 3.69. The first-order valence-corrected chi connectivity index (χ1v) is 8.32. The summed E-state index contributed by atoms with van der Waals surface area (Å²) < 4.78 is 5.77. The molecule has 1 aliphatic carbocycles. The van der Waals surface area contributed by atoms with E-state index in [0.29, 0.717) is 5.69 Å². The van der Waals surface area contributed by atoms with E-state index in [0.717, 1.165) is 23.9 Å². The zero-order valence-corrected chi connectivity index (χ0v) is 14.6. The van der Waals surface area contributed by atoms with Crippen molar-refractivity contribution in [3.05, 3.63) is 35.5 Å². The van der Waals surface area contributed by atoms with Gasteiger partial charge in [0.05, 0.1) is 6.10 Å². The molecule has 0 saturated heterocycles. The Hall–Kier alpha value is -1.81. The van der Waals surface area contributed by atoms with Crippen molar-refractivity contribution in [2.75, 3.05) is 13.7 Å². The number of nitrogens with zero attached hydrogens (tertiary/aromatic N) is 1. The highest BCUT2D eigenvalue weighted by molar-refractivity contribution is 5.98. The molecule has 0 bridgehead atoms. The van der Waals surface area contributed by atoms with Crippen LogP contribution in [0, 0.1) is 12.3 Å². The first-order chi connectivity index (χ1) is 10.8. The van der Waals surface area contributed by atoms with Crippen molar-refractivity contribution in [3.8, 4) is 0 Å². The van der Waals surface area contributed by atoms with Gasteiger partial charge in [-0.1, -0.05) is 26.0 Å². The van der Waals surface area contributed by atoms with Crippen molar-refractivity contribution in [2.24, 2.45) is 5.41 Å². The summed E-state index contributed by atoms with van der Waals surface area (Å²) in [6.07, 6.45) is 1.14. The first kappa shape index (κ1) is 16.1. The van der Waals surface area contributed by atoms with Crippen LogP contribution in [0.5, 0.6) is 0 Å². The van der Waals surface area contributed by atoms with Crippen LogP contribution in [0.4, 0.5) is 0 Å². The number of hydrogen-bond donors (Lipinski definition) is 1. The monoisotopic (exact) mass is 314 g/mol. The quantitative estimate of drug-likeness (QED) is 0.934. The van der Waals surface area contributed by atoms with Crippen LogP contribution in [-0.2, 0) is 4.74 Å². The molecule has 2 atom stereocenters. The Morgan fingerprint density at radius 3 is 2.78 bits per heavy atom. The molecule has 4 nitrogen and oxygen atoms in total. The normalized spacial score (nSPS) is 22.8. The van der Waals surface area contributed by atoms with Gasteiger partial charge in [-0.3, -0.25) is 4.79 Å². The molecule has 1 aromatic heterocycles. The minimum absolute atomic E-state index is 0.0109. The number of aromatic amines is 1. The molecule has 4 heteroatoms. The van der Waals surface area contributed by atoms with E-state index in [-0.39, 0.29) is 23.5 Å². The van der Waals surface area contributed by atoms with E-state index in [1.54, 1.807) is 0 Å². The molecule has 3 rings (SSSR count). The van der Waals surface area contributed by atoms with Gasteiger partial charge >= 0.3 is 0 Å². The summed E-state index contributed by atoms with van der Waals surface area (Å²) in [5, 5.41) is 1.08. The minimum Gasteiger partial charge on any atom is -0.378 e. The van der Waals surface area contributed by atoms with Gasteiger partial charge < -0.3 is 14.6 Å². The molecule has 23 heavy (non-hydrogen) atoms. The summed E-state index contributed by atoms with van der Waals surface area (Å²) in [6.45, 7) is 9.16. The second kappa shape index (κ2) is 5.68. The number of carbonyl (C=O) groups excluding carboxylic acids is 1. The van der Waals surface area contributed by atoms with E-state index in [4.69, 9.17) is 4.74 Å². The Morgan fingerprint density at radius 1 is 1.39 bits per heavy atom. The molecule has 1 N–H and O–H groups in total. The third kappa shape index (κ3) is 2.65. The Balaban J connectivity index is 1.79. The average Bonchev–Trinajstić information content (AvgIpc) is 2.92. The zero-order chi connectivity index (χ0) is 16.8.